The van der Waals surface area contributed by atoms with E-state index in [-0.39, 0.29) is 0 Å². The van der Waals surface area contributed by atoms with E-state index in [4.69, 9.17) is 9.57 Å². The number of hydrogen-bond donors (Lipinski definition) is 0. The van der Waals surface area contributed by atoms with Crippen molar-refractivity contribution in [3.8, 4) is 11.5 Å². The minimum Gasteiger partial charge on any atom is -0.497 e. The Labute approximate surface area is 132 Å². The van der Waals surface area contributed by atoms with Crippen LogP contribution in [0.5, 0.6) is 11.5 Å². The van der Waals surface area contributed by atoms with E-state index in [1.807, 2.05) is 12.1 Å². The summed E-state index contributed by atoms with van der Waals surface area (Å²) in [5, 5.41) is 2.07. The second-order valence-electron chi connectivity index (χ2n) is 5.75. The van der Waals surface area contributed by atoms with Gasteiger partial charge in [-0.15, -0.1) is 5.06 Å². The van der Waals surface area contributed by atoms with Gasteiger partial charge < -0.3 is 9.57 Å². The summed E-state index contributed by atoms with van der Waals surface area (Å²) in [4.78, 5) is 5.91. The van der Waals surface area contributed by atoms with Gasteiger partial charge in [0.2, 0.25) is 0 Å². The number of ether oxygens (including phenoxy) is 1. The molecule has 2 aromatic carbocycles. The van der Waals surface area contributed by atoms with Gasteiger partial charge >= 0.3 is 0 Å². The summed E-state index contributed by atoms with van der Waals surface area (Å²) in [6.07, 6.45) is 4.71. The number of piperidine rings is 1. The van der Waals surface area contributed by atoms with Crippen molar-refractivity contribution in [3.63, 3.8) is 0 Å². The highest BCUT2D eigenvalue weighted by Crippen LogP contribution is 2.19. The van der Waals surface area contributed by atoms with Gasteiger partial charge in [0.25, 0.3) is 0 Å². The predicted octanol–water partition coefficient (Wildman–Crippen LogP) is 4.07. The molecular formula is C19H23NO2. The van der Waals surface area contributed by atoms with Crippen molar-refractivity contribution in [2.24, 2.45) is 0 Å². The molecule has 0 N–H and O–H groups in total. The highest BCUT2D eigenvalue weighted by molar-refractivity contribution is 5.33. The Morgan fingerprint density at radius 1 is 0.773 bits per heavy atom. The zero-order valence-electron chi connectivity index (χ0n) is 13.1. The molecule has 1 saturated heterocycles. The van der Waals surface area contributed by atoms with E-state index < -0.39 is 0 Å². The third-order valence-electron chi connectivity index (χ3n) is 4.04. The van der Waals surface area contributed by atoms with Crippen LogP contribution in [0.1, 0.15) is 30.4 Å². The first-order valence-corrected chi connectivity index (χ1v) is 7.98. The summed E-state index contributed by atoms with van der Waals surface area (Å²) in [7, 11) is 1.69. The van der Waals surface area contributed by atoms with Gasteiger partial charge in [0, 0.05) is 13.1 Å². The zero-order valence-corrected chi connectivity index (χ0v) is 13.1. The lowest BCUT2D eigenvalue weighted by Gasteiger charge is -2.26. The Morgan fingerprint density at radius 3 is 1.86 bits per heavy atom. The van der Waals surface area contributed by atoms with E-state index in [9.17, 15) is 0 Å². The highest BCUT2D eigenvalue weighted by Gasteiger charge is 2.11. The Hall–Kier alpha value is -2.00. The third kappa shape index (κ3) is 4.01. The molecule has 1 aliphatic heterocycles. The fourth-order valence-corrected chi connectivity index (χ4v) is 2.75. The number of benzene rings is 2. The molecule has 0 radical (unpaired) electrons. The summed E-state index contributed by atoms with van der Waals surface area (Å²) in [5.41, 5.74) is 2.57. The Balaban J connectivity index is 1.58. The van der Waals surface area contributed by atoms with Crippen molar-refractivity contribution in [3.05, 3.63) is 59.7 Å². The molecule has 0 bridgehead atoms. The van der Waals surface area contributed by atoms with E-state index in [2.05, 4.69) is 41.5 Å². The molecule has 22 heavy (non-hydrogen) atoms. The molecule has 0 aromatic heterocycles. The molecule has 0 amide bonds. The number of hydroxylamine groups is 2. The maximum absolute atomic E-state index is 5.91. The average Bonchev–Trinajstić information content (AvgIpc) is 2.58. The predicted molar refractivity (Wildman–Crippen MR) is 88.3 cm³/mol. The first kappa shape index (κ1) is 14.9. The van der Waals surface area contributed by atoms with Crippen LogP contribution in [0, 0.1) is 0 Å². The summed E-state index contributed by atoms with van der Waals surface area (Å²) < 4.78 is 5.19. The van der Waals surface area contributed by atoms with E-state index in [1.165, 1.54) is 30.4 Å². The molecule has 0 atom stereocenters. The number of methoxy groups -OCH3 is 1. The minimum atomic E-state index is 0.897. The molecule has 0 spiro atoms. The number of nitrogens with zero attached hydrogens (tertiary/aromatic N) is 1. The van der Waals surface area contributed by atoms with Crippen molar-refractivity contribution in [2.75, 3.05) is 20.2 Å². The van der Waals surface area contributed by atoms with Gasteiger partial charge in [-0.05, 0) is 54.7 Å². The number of hydrogen-bond acceptors (Lipinski definition) is 3. The largest absolute Gasteiger partial charge is 0.497 e. The lowest BCUT2D eigenvalue weighted by Crippen LogP contribution is -2.32. The normalized spacial score (nSPS) is 15.5. The van der Waals surface area contributed by atoms with Crippen molar-refractivity contribution in [1.29, 1.82) is 0 Å². The molecule has 1 aliphatic rings. The third-order valence-corrected chi connectivity index (χ3v) is 4.04. The van der Waals surface area contributed by atoms with Crippen LogP contribution in [-0.4, -0.2) is 25.3 Å². The van der Waals surface area contributed by atoms with Crippen LogP contribution in [0.15, 0.2) is 48.5 Å². The molecule has 3 heteroatoms. The topological polar surface area (TPSA) is 21.7 Å². The van der Waals surface area contributed by atoms with Crippen LogP contribution in [0.3, 0.4) is 0 Å². The van der Waals surface area contributed by atoms with Crippen LogP contribution in [0.2, 0.25) is 0 Å². The maximum Gasteiger partial charge on any atom is 0.147 e. The Morgan fingerprint density at radius 2 is 1.32 bits per heavy atom. The maximum atomic E-state index is 5.91. The smallest absolute Gasteiger partial charge is 0.147 e. The molecule has 0 unspecified atom stereocenters. The fraction of sp³-hybridized carbons (Fsp3) is 0.368. The fourth-order valence-electron chi connectivity index (χ4n) is 2.75. The van der Waals surface area contributed by atoms with Crippen molar-refractivity contribution < 1.29 is 9.57 Å². The second-order valence-corrected chi connectivity index (χ2v) is 5.75. The van der Waals surface area contributed by atoms with Crippen LogP contribution < -0.4 is 9.57 Å². The van der Waals surface area contributed by atoms with Crippen LogP contribution in [0.4, 0.5) is 0 Å². The first-order chi connectivity index (χ1) is 10.8. The van der Waals surface area contributed by atoms with Crippen molar-refractivity contribution in [1.82, 2.24) is 5.06 Å². The SMILES string of the molecule is COc1ccc(Cc2ccc(ON3CCCCC3)cc2)cc1. The number of rotatable bonds is 5. The molecule has 1 fully saturated rings. The minimum absolute atomic E-state index is 0.897. The molecule has 3 nitrogen and oxygen atoms in total. The van der Waals surface area contributed by atoms with E-state index in [0.29, 0.717) is 0 Å². The molecule has 1 heterocycles. The van der Waals surface area contributed by atoms with E-state index in [1.54, 1.807) is 7.11 Å². The van der Waals surface area contributed by atoms with E-state index >= 15 is 0 Å². The lowest BCUT2D eigenvalue weighted by atomic mass is 10.0. The van der Waals surface area contributed by atoms with Crippen LogP contribution in [-0.2, 0) is 6.42 Å². The van der Waals surface area contributed by atoms with Crippen molar-refractivity contribution >= 4 is 0 Å². The first-order valence-electron chi connectivity index (χ1n) is 7.98. The van der Waals surface area contributed by atoms with E-state index in [0.717, 1.165) is 31.0 Å². The summed E-state index contributed by atoms with van der Waals surface area (Å²) >= 11 is 0. The second kappa shape index (κ2) is 7.32. The molecular weight excluding hydrogens is 274 g/mol. The lowest BCUT2D eigenvalue weighted by molar-refractivity contribution is -0.0720. The highest BCUT2D eigenvalue weighted by atomic mass is 16.7. The van der Waals surface area contributed by atoms with Crippen LogP contribution in [0.25, 0.3) is 0 Å². The summed E-state index contributed by atoms with van der Waals surface area (Å²) in [6.45, 7) is 2.07. The van der Waals surface area contributed by atoms with Crippen molar-refractivity contribution in [2.45, 2.75) is 25.7 Å². The van der Waals surface area contributed by atoms with Gasteiger partial charge in [0.15, 0.2) is 0 Å². The van der Waals surface area contributed by atoms with Gasteiger partial charge in [0.05, 0.1) is 7.11 Å². The standard InChI is InChI=1S/C19H23NO2/c1-21-18-9-5-16(6-10-18)15-17-7-11-19(12-8-17)22-20-13-3-2-4-14-20/h5-12H,2-4,13-15H2,1H3. The summed E-state index contributed by atoms with van der Waals surface area (Å²) in [5.74, 6) is 1.83. The molecule has 0 saturated carbocycles. The van der Waals surface area contributed by atoms with Gasteiger partial charge in [0.1, 0.15) is 11.5 Å². The molecule has 116 valence electrons. The van der Waals surface area contributed by atoms with Gasteiger partial charge in [-0.2, -0.15) is 0 Å². The molecule has 0 aliphatic carbocycles. The van der Waals surface area contributed by atoms with Gasteiger partial charge in [-0.25, -0.2) is 0 Å². The average molecular weight is 297 g/mol. The summed E-state index contributed by atoms with van der Waals surface area (Å²) in [6, 6.07) is 16.6. The zero-order chi connectivity index (χ0) is 15.2. The van der Waals surface area contributed by atoms with Gasteiger partial charge in [-0.1, -0.05) is 30.7 Å². The van der Waals surface area contributed by atoms with Crippen LogP contribution >= 0.6 is 0 Å². The Bertz CT molecular complexity index is 571. The Kier molecular flexibility index (Phi) is 4.96. The monoisotopic (exact) mass is 297 g/mol. The quantitative estimate of drug-likeness (QED) is 0.830. The molecule has 2 aromatic rings. The van der Waals surface area contributed by atoms with Gasteiger partial charge in [-0.3, -0.25) is 0 Å². The molecule has 3 rings (SSSR count).